The molecule has 0 saturated carbocycles. The van der Waals surface area contributed by atoms with Gasteiger partial charge in [0.2, 0.25) is 0 Å². The zero-order valence-electron chi connectivity index (χ0n) is 10.7. The van der Waals surface area contributed by atoms with Gasteiger partial charge in [0.05, 0.1) is 5.56 Å². The van der Waals surface area contributed by atoms with Crippen LogP contribution in [0.15, 0.2) is 18.2 Å². The van der Waals surface area contributed by atoms with E-state index in [0.29, 0.717) is 6.54 Å². The molecule has 0 atom stereocenters. The molecule has 2 rings (SSSR count). The molecule has 1 aliphatic rings. The first-order chi connectivity index (χ1) is 8.40. The van der Waals surface area contributed by atoms with Crippen molar-refractivity contribution in [2.45, 2.75) is 38.8 Å². The Kier molecular flexibility index (Phi) is 3.39. The minimum atomic E-state index is -1.21. The third-order valence-corrected chi connectivity index (χ3v) is 3.71. The fraction of sp³-hybridized carbons (Fsp3) is 0.500. The lowest BCUT2D eigenvalue weighted by Crippen LogP contribution is -2.37. The number of carboxylic acid groups (broad SMARTS) is 1. The van der Waals surface area contributed by atoms with E-state index in [1.54, 1.807) is 6.07 Å². The maximum atomic E-state index is 13.3. The lowest BCUT2D eigenvalue weighted by Gasteiger charge is -2.31. The highest BCUT2D eigenvalue weighted by Crippen LogP contribution is 2.29. The Morgan fingerprint density at radius 2 is 2.22 bits per heavy atom. The highest BCUT2D eigenvalue weighted by atomic mass is 19.1. The van der Waals surface area contributed by atoms with Gasteiger partial charge in [0, 0.05) is 12.1 Å². The second-order valence-electron chi connectivity index (χ2n) is 5.46. The van der Waals surface area contributed by atoms with Crippen molar-refractivity contribution in [2.24, 2.45) is 0 Å². The summed E-state index contributed by atoms with van der Waals surface area (Å²) in [4.78, 5) is 13.2. The molecule has 1 aliphatic heterocycles. The summed E-state index contributed by atoms with van der Waals surface area (Å²) in [6.07, 6.45) is 2.29. The fourth-order valence-electron chi connectivity index (χ4n) is 2.51. The van der Waals surface area contributed by atoms with Gasteiger partial charge in [0.25, 0.3) is 0 Å². The highest BCUT2D eigenvalue weighted by Gasteiger charge is 2.31. The van der Waals surface area contributed by atoms with Crippen LogP contribution in [0.2, 0.25) is 0 Å². The molecule has 3 nitrogen and oxygen atoms in total. The Morgan fingerprint density at radius 1 is 1.50 bits per heavy atom. The number of hydrogen-bond donors (Lipinski definition) is 1. The van der Waals surface area contributed by atoms with Gasteiger partial charge in [-0.1, -0.05) is 6.07 Å². The SMILES string of the molecule is CC1(C)CCCN1Cc1ccc(F)c(C(=O)O)c1. The zero-order chi connectivity index (χ0) is 13.3. The molecule has 1 aromatic rings. The van der Waals surface area contributed by atoms with Crippen LogP contribution in [0.25, 0.3) is 0 Å². The summed E-state index contributed by atoms with van der Waals surface area (Å²) in [5, 5.41) is 8.90. The maximum Gasteiger partial charge on any atom is 0.338 e. The molecule has 1 N–H and O–H groups in total. The van der Waals surface area contributed by atoms with Crippen LogP contribution in [-0.4, -0.2) is 28.1 Å². The van der Waals surface area contributed by atoms with Crippen molar-refractivity contribution >= 4 is 5.97 Å². The topological polar surface area (TPSA) is 40.5 Å². The minimum Gasteiger partial charge on any atom is -0.478 e. The summed E-state index contributed by atoms with van der Waals surface area (Å²) < 4.78 is 13.3. The van der Waals surface area contributed by atoms with E-state index in [9.17, 15) is 9.18 Å². The van der Waals surface area contributed by atoms with Crippen molar-refractivity contribution in [1.29, 1.82) is 0 Å². The molecule has 0 aliphatic carbocycles. The summed E-state index contributed by atoms with van der Waals surface area (Å²) in [6.45, 7) is 6.05. The van der Waals surface area contributed by atoms with Crippen LogP contribution in [0.5, 0.6) is 0 Å². The first-order valence-corrected chi connectivity index (χ1v) is 6.17. The lowest BCUT2D eigenvalue weighted by atomic mass is 10.0. The van der Waals surface area contributed by atoms with E-state index in [4.69, 9.17) is 5.11 Å². The fourth-order valence-corrected chi connectivity index (χ4v) is 2.51. The summed E-state index contributed by atoms with van der Waals surface area (Å²) >= 11 is 0. The van der Waals surface area contributed by atoms with Crippen LogP contribution in [0.4, 0.5) is 4.39 Å². The third kappa shape index (κ3) is 2.53. The monoisotopic (exact) mass is 251 g/mol. The molecular formula is C14H18FNO2. The number of carbonyl (C=O) groups is 1. The summed E-state index contributed by atoms with van der Waals surface area (Å²) in [5.41, 5.74) is 0.742. The zero-order valence-corrected chi connectivity index (χ0v) is 10.7. The Balaban J connectivity index is 2.20. The molecule has 0 bridgehead atoms. The summed E-state index contributed by atoms with van der Waals surface area (Å²) in [6, 6.07) is 4.34. The Morgan fingerprint density at radius 3 is 2.78 bits per heavy atom. The Bertz CT molecular complexity index is 471. The smallest absolute Gasteiger partial charge is 0.338 e. The molecule has 0 spiro atoms. The van der Waals surface area contributed by atoms with Crippen molar-refractivity contribution in [3.05, 3.63) is 35.1 Å². The van der Waals surface area contributed by atoms with Gasteiger partial charge in [0.15, 0.2) is 0 Å². The second-order valence-corrected chi connectivity index (χ2v) is 5.46. The van der Waals surface area contributed by atoms with Crippen LogP contribution in [0.3, 0.4) is 0 Å². The number of nitrogens with zero attached hydrogens (tertiary/aromatic N) is 1. The standard InChI is InChI=1S/C14H18FNO2/c1-14(2)6-3-7-16(14)9-10-4-5-12(15)11(8-10)13(17)18/h4-5,8H,3,6-7,9H2,1-2H3,(H,17,18). The predicted molar refractivity (Wildman–Crippen MR) is 67.1 cm³/mol. The van der Waals surface area contributed by atoms with Gasteiger partial charge in [-0.15, -0.1) is 0 Å². The van der Waals surface area contributed by atoms with Gasteiger partial charge in [-0.3, -0.25) is 4.90 Å². The average molecular weight is 251 g/mol. The van der Waals surface area contributed by atoms with Crippen LogP contribution >= 0.6 is 0 Å². The molecule has 1 aromatic carbocycles. The first kappa shape index (κ1) is 13.0. The van der Waals surface area contributed by atoms with Crippen LogP contribution in [-0.2, 0) is 6.54 Å². The van der Waals surface area contributed by atoms with E-state index in [0.717, 1.165) is 24.9 Å². The van der Waals surface area contributed by atoms with Crippen molar-refractivity contribution in [3.8, 4) is 0 Å². The van der Waals surface area contributed by atoms with Crippen LogP contribution < -0.4 is 0 Å². The first-order valence-electron chi connectivity index (χ1n) is 6.17. The van der Waals surface area contributed by atoms with Crippen molar-refractivity contribution < 1.29 is 14.3 Å². The number of benzene rings is 1. The van der Waals surface area contributed by atoms with Crippen molar-refractivity contribution in [3.63, 3.8) is 0 Å². The van der Waals surface area contributed by atoms with E-state index < -0.39 is 11.8 Å². The summed E-state index contributed by atoms with van der Waals surface area (Å²) in [7, 11) is 0. The van der Waals surface area contributed by atoms with Crippen LogP contribution in [0, 0.1) is 5.82 Å². The maximum absolute atomic E-state index is 13.3. The van der Waals surface area contributed by atoms with Crippen molar-refractivity contribution in [1.82, 2.24) is 4.90 Å². The normalized spacial score (nSPS) is 19.1. The van der Waals surface area contributed by atoms with E-state index in [1.807, 2.05) is 0 Å². The Hall–Kier alpha value is -1.42. The number of rotatable bonds is 3. The van der Waals surface area contributed by atoms with E-state index in [1.165, 1.54) is 12.1 Å². The van der Waals surface area contributed by atoms with Gasteiger partial charge < -0.3 is 5.11 Å². The largest absolute Gasteiger partial charge is 0.478 e. The van der Waals surface area contributed by atoms with E-state index >= 15 is 0 Å². The molecular weight excluding hydrogens is 233 g/mol. The lowest BCUT2D eigenvalue weighted by molar-refractivity contribution is 0.0691. The van der Waals surface area contributed by atoms with Crippen molar-refractivity contribution in [2.75, 3.05) is 6.54 Å². The number of aromatic carboxylic acids is 1. The minimum absolute atomic E-state index is 0.137. The molecule has 4 heteroatoms. The summed E-state index contributed by atoms with van der Waals surface area (Å²) in [5.74, 6) is -1.89. The molecule has 1 saturated heterocycles. The van der Waals surface area contributed by atoms with Gasteiger partial charge in [0.1, 0.15) is 5.82 Å². The molecule has 98 valence electrons. The molecule has 0 unspecified atom stereocenters. The quantitative estimate of drug-likeness (QED) is 0.898. The van der Waals surface area contributed by atoms with Crippen LogP contribution in [0.1, 0.15) is 42.6 Å². The molecule has 0 aromatic heterocycles. The van der Waals surface area contributed by atoms with Gasteiger partial charge in [-0.25, -0.2) is 9.18 Å². The molecule has 0 amide bonds. The molecule has 1 heterocycles. The number of carboxylic acids is 1. The average Bonchev–Trinajstić information content (AvgIpc) is 2.60. The number of halogens is 1. The number of likely N-dealkylation sites (tertiary alicyclic amines) is 1. The highest BCUT2D eigenvalue weighted by molar-refractivity contribution is 5.88. The van der Waals surface area contributed by atoms with Gasteiger partial charge in [-0.2, -0.15) is 0 Å². The van der Waals surface area contributed by atoms with E-state index in [2.05, 4.69) is 18.7 Å². The molecule has 18 heavy (non-hydrogen) atoms. The second kappa shape index (κ2) is 4.69. The Labute approximate surface area is 106 Å². The van der Waals surface area contributed by atoms with E-state index in [-0.39, 0.29) is 11.1 Å². The molecule has 1 fully saturated rings. The van der Waals surface area contributed by atoms with Gasteiger partial charge >= 0.3 is 5.97 Å². The predicted octanol–water partition coefficient (Wildman–Crippen LogP) is 2.90. The third-order valence-electron chi connectivity index (χ3n) is 3.71. The number of hydrogen-bond acceptors (Lipinski definition) is 2. The molecule has 0 radical (unpaired) electrons. The van der Waals surface area contributed by atoms with Gasteiger partial charge in [-0.05, 0) is 50.9 Å².